The molecule has 0 radical (unpaired) electrons. The van der Waals surface area contributed by atoms with Gasteiger partial charge in [0, 0.05) is 51.0 Å². The Morgan fingerprint density at radius 2 is 1.79 bits per heavy atom. The van der Waals surface area contributed by atoms with Crippen LogP contribution in [0.2, 0.25) is 0 Å². The Balaban J connectivity index is 1.43. The van der Waals surface area contributed by atoms with Crippen molar-refractivity contribution in [2.45, 2.75) is 33.4 Å². The number of tetrazole rings is 1. The number of H-pyrrole nitrogens is 1. The lowest BCUT2D eigenvalue weighted by atomic mass is 9.97. The van der Waals surface area contributed by atoms with Crippen LogP contribution in [0.15, 0.2) is 36.5 Å². The molecule has 2 aromatic heterocycles. The lowest BCUT2D eigenvalue weighted by Gasteiger charge is -2.34. The summed E-state index contributed by atoms with van der Waals surface area (Å²) in [6.45, 7) is 10.4. The summed E-state index contributed by atoms with van der Waals surface area (Å²) >= 11 is 0. The average Bonchev–Trinajstić information content (AvgIpc) is 3.25. The highest BCUT2D eigenvalue weighted by molar-refractivity contribution is 5.60. The van der Waals surface area contributed by atoms with Gasteiger partial charge in [0.05, 0.1) is 5.69 Å². The van der Waals surface area contributed by atoms with E-state index in [1.807, 2.05) is 12.1 Å². The minimum absolute atomic E-state index is 0.628. The fraction of sp³-hybridized carbons (Fsp3) is 0.476. The molecule has 8 nitrogen and oxygen atoms in total. The van der Waals surface area contributed by atoms with Gasteiger partial charge < -0.3 is 0 Å². The van der Waals surface area contributed by atoms with Crippen LogP contribution in [0.3, 0.4) is 0 Å². The van der Waals surface area contributed by atoms with Crippen molar-refractivity contribution in [1.29, 1.82) is 0 Å². The zero-order valence-electron chi connectivity index (χ0n) is 17.1. The first-order valence-electron chi connectivity index (χ1n) is 10.2. The highest BCUT2D eigenvalue weighted by Gasteiger charge is 2.20. The van der Waals surface area contributed by atoms with E-state index in [2.05, 4.69) is 72.7 Å². The molecular weight excluding hydrogens is 364 g/mol. The van der Waals surface area contributed by atoms with Crippen LogP contribution >= 0.6 is 0 Å². The largest absolute Gasteiger partial charge is 0.297 e. The summed E-state index contributed by atoms with van der Waals surface area (Å²) in [5.74, 6) is 1.29. The molecular formula is C21H28N8. The maximum Gasteiger partial charge on any atom is 0.204 e. The topological polar surface area (TPSA) is 86.7 Å². The second kappa shape index (κ2) is 9.19. The molecule has 0 atom stereocenters. The van der Waals surface area contributed by atoms with Gasteiger partial charge in [-0.25, -0.2) is 0 Å². The summed E-state index contributed by atoms with van der Waals surface area (Å²) in [5.41, 5.74) is 4.73. The molecule has 1 N–H and O–H groups in total. The Labute approximate surface area is 171 Å². The van der Waals surface area contributed by atoms with Crippen molar-refractivity contribution in [1.82, 2.24) is 40.6 Å². The molecule has 3 aromatic rings. The summed E-state index contributed by atoms with van der Waals surface area (Å²) in [6, 6.07) is 10.6. The maximum atomic E-state index is 4.20. The lowest BCUT2D eigenvalue weighted by molar-refractivity contribution is 0.121. The van der Waals surface area contributed by atoms with E-state index in [1.165, 1.54) is 11.1 Å². The van der Waals surface area contributed by atoms with E-state index < -0.39 is 0 Å². The lowest BCUT2D eigenvalue weighted by Crippen LogP contribution is -2.45. The first kappa shape index (κ1) is 19.6. The monoisotopic (exact) mass is 392 g/mol. The van der Waals surface area contributed by atoms with Gasteiger partial charge in [-0.3, -0.25) is 9.80 Å². The zero-order valence-corrected chi connectivity index (χ0v) is 17.1. The van der Waals surface area contributed by atoms with Gasteiger partial charge >= 0.3 is 0 Å². The number of hydrogen-bond donors (Lipinski definition) is 1. The van der Waals surface area contributed by atoms with Crippen LogP contribution in [0, 0.1) is 5.92 Å². The van der Waals surface area contributed by atoms with Crippen LogP contribution in [0.5, 0.6) is 0 Å². The molecule has 1 saturated heterocycles. The third-order valence-corrected chi connectivity index (χ3v) is 5.27. The fourth-order valence-electron chi connectivity index (χ4n) is 3.86. The smallest absolute Gasteiger partial charge is 0.204 e. The van der Waals surface area contributed by atoms with Crippen LogP contribution in [0.1, 0.15) is 30.7 Å². The molecule has 0 saturated carbocycles. The van der Waals surface area contributed by atoms with Gasteiger partial charge in [-0.2, -0.15) is 15.4 Å². The number of aromatic amines is 1. The van der Waals surface area contributed by atoms with Crippen molar-refractivity contribution in [3.63, 3.8) is 0 Å². The van der Waals surface area contributed by atoms with Crippen LogP contribution in [0.4, 0.5) is 0 Å². The summed E-state index contributed by atoms with van der Waals surface area (Å²) < 4.78 is 0. The first-order chi connectivity index (χ1) is 14.2. The van der Waals surface area contributed by atoms with Crippen molar-refractivity contribution >= 4 is 0 Å². The molecule has 29 heavy (non-hydrogen) atoms. The Hall–Kier alpha value is -2.71. The van der Waals surface area contributed by atoms with Crippen molar-refractivity contribution < 1.29 is 0 Å². The van der Waals surface area contributed by atoms with Gasteiger partial charge in [-0.05, 0) is 40.8 Å². The zero-order chi connectivity index (χ0) is 20.1. The molecule has 1 aromatic carbocycles. The van der Waals surface area contributed by atoms with Crippen LogP contribution in [0.25, 0.3) is 11.4 Å². The molecule has 0 amide bonds. The van der Waals surface area contributed by atoms with E-state index in [9.17, 15) is 0 Å². The molecule has 1 aliphatic rings. The molecule has 0 aliphatic carbocycles. The molecule has 1 aliphatic heterocycles. The van der Waals surface area contributed by atoms with Crippen molar-refractivity contribution in [3.05, 3.63) is 53.3 Å². The molecule has 4 rings (SSSR count). The van der Waals surface area contributed by atoms with E-state index in [-0.39, 0.29) is 0 Å². The molecule has 0 bridgehead atoms. The predicted molar refractivity (Wildman–Crippen MR) is 111 cm³/mol. The summed E-state index contributed by atoms with van der Waals surface area (Å²) in [5, 5.41) is 22.9. The summed E-state index contributed by atoms with van der Waals surface area (Å²) in [7, 11) is 0. The molecule has 0 spiro atoms. The predicted octanol–water partition coefficient (Wildman–Crippen LogP) is 2.17. The van der Waals surface area contributed by atoms with Crippen LogP contribution in [-0.4, -0.2) is 66.8 Å². The SMILES string of the molecule is CC(C)Cc1ccc(-c2nn[nH]n2)c(CN2CCN(Cc3cccnn3)CC2)c1. The normalized spacial score (nSPS) is 15.8. The number of benzene rings is 1. The molecule has 1 fully saturated rings. The van der Waals surface area contributed by atoms with Gasteiger partial charge in [0.15, 0.2) is 0 Å². The van der Waals surface area contributed by atoms with Crippen molar-refractivity contribution in [3.8, 4) is 11.4 Å². The van der Waals surface area contributed by atoms with E-state index in [4.69, 9.17) is 0 Å². The van der Waals surface area contributed by atoms with Crippen molar-refractivity contribution in [2.24, 2.45) is 5.92 Å². The van der Waals surface area contributed by atoms with E-state index in [1.54, 1.807) is 6.20 Å². The number of nitrogens with zero attached hydrogens (tertiary/aromatic N) is 7. The maximum absolute atomic E-state index is 4.20. The standard InChI is InChI=1S/C21H28N8/c1-16(2)12-17-5-6-20(21-24-26-27-25-21)18(13-17)14-28-8-10-29(11-9-28)15-19-4-3-7-22-23-19/h3-7,13,16H,8-12,14-15H2,1-2H3,(H,24,25,26,27). The third-order valence-electron chi connectivity index (χ3n) is 5.27. The van der Waals surface area contributed by atoms with E-state index in [0.29, 0.717) is 11.7 Å². The van der Waals surface area contributed by atoms with Gasteiger partial charge in [0.1, 0.15) is 0 Å². The number of hydrogen-bond acceptors (Lipinski definition) is 7. The highest BCUT2D eigenvalue weighted by atomic mass is 15.5. The number of nitrogens with one attached hydrogen (secondary N) is 1. The van der Waals surface area contributed by atoms with E-state index >= 15 is 0 Å². The van der Waals surface area contributed by atoms with Crippen LogP contribution in [-0.2, 0) is 19.5 Å². The van der Waals surface area contributed by atoms with Gasteiger partial charge in [0.2, 0.25) is 5.82 Å². The van der Waals surface area contributed by atoms with Gasteiger partial charge in [-0.1, -0.05) is 32.0 Å². The first-order valence-corrected chi connectivity index (χ1v) is 10.2. The number of aromatic nitrogens is 6. The molecule has 0 unspecified atom stereocenters. The molecule has 152 valence electrons. The third kappa shape index (κ3) is 5.21. The van der Waals surface area contributed by atoms with Crippen molar-refractivity contribution in [2.75, 3.05) is 26.2 Å². The Morgan fingerprint density at radius 3 is 2.45 bits per heavy atom. The fourth-order valence-corrected chi connectivity index (χ4v) is 3.86. The number of rotatable bonds is 7. The summed E-state index contributed by atoms with van der Waals surface area (Å²) in [6.07, 6.45) is 2.79. The minimum Gasteiger partial charge on any atom is -0.297 e. The summed E-state index contributed by atoms with van der Waals surface area (Å²) in [4.78, 5) is 4.95. The highest BCUT2D eigenvalue weighted by Crippen LogP contribution is 2.24. The van der Waals surface area contributed by atoms with E-state index in [0.717, 1.165) is 56.9 Å². The Kier molecular flexibility index (Phi) is 6.21. The number of piperazine rings is 1. The molecule has 3 heterocycles. The van der Waals surface area contributed by atoms with Gasteiger partial charge in [0.25, 0.3) is 0 Å². The Bertz CT molecular complexity index is 886. The Morgan fingerprint density at radius 1 is 1.00 bits per heavy atom. The van der Waals surface area contributed by atoms with Crippen LogP contribution < -0.4 is 0 Å². The second-order valence-electron chi connectivity index (χ2n) is 8.09. The average molecular weight is 393 g/mol. The minimum atomic E-state index is 0.628. The molecule has 8 heteroatoms. The quantitative estimate of drug-likeness (QED) is 0.659. The second-order valence-corrected chi connectivity index (χ2v) is 8.09. The van der Waals surface area contributed by atoms with Gasteiger partial charge in [-0.15, -0.1) is 10.2 Å².